The van der Waals surface area contributed by atoms with Gasteiger partial charge in [-0.1, -0.05) is 57.6 Å². The highest BCUT2D eigenvalue weighted by atomic mass is 19.1. The SMILES string of the molecule is CCCNC(C)C1=CC=C(C(C)N2C(=O)C(c3ccccc3F)=NC23CCC(C(C)(C)C)CC3)CC1. The standard InChI is InChI=1S/C31H44FN3O/c1-7-20-33-21(2)23-12-14-24(15-13-23)22(3)35-29(36)28(26-10-8-9-11-27(26)32)34-31(35)18-16-25(17-19-31)30(4,5)6/h8-12,14,21-22,25,33H,7,13,15-20H2,1-6H3. The summed E-state index contributed by atoms with van der Waals surface area (Å²) in [6.07, 6.45) is 11.2. The van der Waals surface area contributed by atoms with Crippen molar-refractivity contribution >= 4 is 11.6 Å². The van der Waals surface area contributed by atoms with E-state index in [0.29, 0.717) is 23.2 Å². The summed E-state index contributed by atoms with van der Waals surface area (Å²) in [5.41, 5.74) is 2.93. The minimum Gasteiger partial charge on any atom is -0.311 e. The molecule has 2 aliphatic carbocycles. The van der Waals surface area contributed by atoms with E-state index in [1.807, 2.05) is 4.90 Å². The number of nitrogens with zero attached hydrogens (tertiary/aromatic N) is 2. The Labute approximate surface area is 217 Å². The molecule has 196 valence electrons. The lowest BCUT2D eigenvalue weighted by Crippen LogP contribution is -2.54. The average Bonchev–Trinajstić information content (AvgIpc) is 3.13. The molecular weight excluding hydrogens is 449 g/mol. The highest BCUT2D eigenvalue weighted by molar-refractivity contribution is 6.47. The first-order chi connectivity index (χ1) is 17.1. The summed E-state index contributed by atoms with van der Waals surface area (Å²) in [7, 11) is 0. The molecule has 1 amide bonds. The van der Waals surface area contributed by atoms with Crippen molar-refractivity contribution in [1.29, 1.82) is 0 Å². The maximum Gasteiger partial charge on any atom is 0.275 e. The number of carbonyl (C=O) groups excluding carboxylic acids is 1. The zero-order valence-electron chi connectivity index (χ0n) is 23.0. The molecule has 0 saturated heterocycles. The van der Waals surface area contributed by atoms with Crippen molar-refractivity contribution in [2.45, 2.75) is 104 Å². The van der Waals surface area contributed by atoms with Crippen molar-refractivity contribution in [3.63, 3.8) is 0 Å². The van der Waals surface area contributed by atoms with E-state index in [1.54, 1.807) is 18.2 Å². The van der Waals surface area contributed by atoms with E-state index < -0.39 is 5.66 Å². The number of rotatable bonds is 7. The summed E-state index contributed by atoms with van der Waals surface area (Å²) in [6.45, 7) is 14.5. The van der Waals surface area contributed by atoms with Gasteiger partial charge in [0.25, 0.3) is 5.91 Å². The van der Waals surface area contributed by atoms with E-state index in [-0.39, 0.29) is 23.2 Å². The van der Waals surface area contributed by atoms with Crippen molar-refractivity contribution in [3.05, 3.63) is 58.9 Å². The van der Waals surface area contributed by atoms with Gasteiger partial charge in [0.1, 0.15) is 17.2 Å². The van der Waals surface area contributed by atoms with Crippen LogP contribution < -0.4 is 5.32 Å². The van der Waals surface area contributed by atoms with Gasteiger partial charge >= 0.3 is 0 Å². The van der Waals surface area contributed by atoms with E-state index in [9.17, 15) is 9.18 Å². The Morgan fingerprint density at radius 3 is 2.33 bits per heavy atom. The van der Waals surface area contributed by atoms with Crippen LogP contribution in [0.3, 0.4) is 0 Å². The van der Waals surface area contributed by atoms with Crippen molar-refractivity contribution in [1.82, 2.24) is 10.2 Å². The Hall–Kier alpha value is -2.27. The van der Waals surface area contributed by atoms with Crippen LogP contribution >= 0.6 is 0 Å². The molecule has 1 fully saturated rings. The van der Waals surface area contributed by atoms with Gasteiger partial charge in [0, 0.05) is 11.6 Å². The van der Waals surface area contributed by atoms with Crippen LogP contribution in [0.25, 0.3) is 0 Å². The van der Waals surface area contributed by atoms with Gasteiger partial charge in [0.2, 0.25) is 0 Å². The lowest BCUT2D eigenvalue weighted by atomic mass is 9.69. The highest BCUT2D eigenvalue weighted by Crippen LogP contribution is 2.48. The molecule has 0 bridgehead atoms. The number of halogens is 1. The zero-order valence-corrected chi connectivity index (χ0v) is 23.0. The second-order valence-corrected chi connectivity index (χ2v) is 12.1. The van der Waals surface area contributed by atoms with Crippen LogP contribution in [-0.4, -0.2) is 40.8 Å². The van der Waals surface area contributed by atoms with Crippen LogP contribution in [0, 0.1) is 17.2 Å². The van der Waals surface area contributed by atoms with Crippen LogP contribution in [0.2, 0.25) is 0 Å². The van der Waals surface area contributed by atoms with Gasteiger partial charge in [0.15, 0.2) is 0 Å². The maximum atomic E-state index is 14.8. The lowest BCUT2D eigenvalue weighted by Gasteiger charge is -2.47. The molecule has 0 radical (unpaired) electrons. The molecule has 0 aromatic heterocycles. The van der Waals surface area contributed by atoms with Crippen molar-refractivity contribution in [2.24, 2.45) is 16.3 Å². The van der Waals surface area contributed by atoms with Crippen LogP contribution in [0.1, 0.15) is 92.1 Å². The number of carbonyl (C=O) groups is 1. The van der Waals surface area contributed by atoms with Crippen molar-refractivity contribution < 1.29 is 9.18 Å². The molecule has 36 heavy (non-hydrogen) atoms. The number of hydrogen-bond acceptors (Lipinski definition) is 3. The van der Waals surface area contributed by atoms with Gasteiger partial charge in [0.05, 0.1) is 6.04 Å². The van der Waals surface area contributed by atoms with E-state index in [4.69, 9.17) is 4.99 Å². The Morgan fingerprint density at radius 2 is 1.75 bits per heavy atom. The number of allylic oxidation sites excluding steroid dienone is 2. The van der Waals surface area contributed by atoms with Gasteiger partial charge < -0.3 is 10.2 Å². The van der Waals surface area contributed by atoms with Crippen molar-refractivity contribution in [3.8, 4) is 0 Å². The fraction of sp³-hybridized carbons (Fsp3) is 0.613. The highest BCUT2D eigenvalue weighted by Gasteiger charge is 2.52. The third-order valence-electron chi connectivity index (χ3n) is 8.72. The van der Waals surface area contributed by atoms with E-state index in [0.717, 1.165) is 51.5 Å². The van der Waals surface area contributed by atoms with Gasteiger partial charge in [-0.3, -0.25) is 9.79 Å². The molecule has 2 atom stereocenters. The number of hydrogen-bond donors (Lipinski definition) is 1. The third kappa shape index (κ3) is 5.22. The van der Waals surface area contributed by atoms with E-state index in [2.05, 4.69) is 59.0 Å². The van der Waals surface area contributed by atoms with Crippen LogP contribution in [-0.2, 0) is 4.79 Å². The number of benzene rings is 1. The van der Waals surface area contributed by atoms with Gasteiger partial charge in [-0.2, -0.15) is 0 Å². The minimum atomic E-state index is -0.587. The lowest BCUT2D eigenvalue weighted by molar-refractivity contribution is -0.131. The number of amides is 1. The van der Waals surface area contributed by atoms with Gasteiger partial charge in [-0.15, -0.1) is 0 Å². The molecule has 3 aliphatic rings. The number of aliphatic imine (C=N–C) groups is 1. The van der Waals surface area contributed by atoms with E-state index >= 15 is 0 Å². The summed E-state index contributed by atoms with van der Waals surface area (Å²) >= 11 is 0. The second-order valence-electron chi connectivity index (χ2n) is 12.1. The molecule has 1 spiro atoms. The van der Waals surface area contributed by atoms with Crippen LogP contribution in [0.4, 0.5) is 4.39 Å². The summed E-state index contributed by atoms with van der Waals surface area (Å²) in [5.74, 6) is 0.0886. The molecule has 1 N–H and O–H groups in total. The Morgan fingerprint density at radius 1 is 1.11 bits per heavy atom. The Kier molecular flexibility index (Phi) is 7.89. The van der Waals surface area contributed by atoms with E-state index in [1.165, 1.54) is 17.2 Å². The summed E-state index contributed by atoms with van der Waals surface area (Å²) in [5, 5.41) is 3.58. The summed E-state index contributed by atoms with van der Waals surface area (Å²) in [4.78, 5) is 21.1. The summed E-state index contributed by atoms with van der Waals surface area (Å²) < 4.78 is 14.8. The predicted octanol–water partition coefficient (Wildman–Crippen LogP) is 6.81. The predicted molar refractivity (Wildman–Crippen MR) is 147 cm³/mol. The van der Waals surface area contributed by atoms with Crippen LogP contribution in [0.15, 0.2) is 52.6 Å². The van der Waals surface area contributed by atoms with Gasteiger partial charge in [-0.05, 0) is 94.4 Å². The number of nitrogens with one attached hydrogen (secondary N) is 1. The zero-order chi connectivity index (χ0) is 26.1. The monoisotopic (exact) mass is 493 g/mol. The Balaban J connectivity index is 1.64. The molecule has 1 saturated carbocycles. The minimum absolute atomic E-state index is 0.0755. The normalized spacial score (nSPS) is 26.5. The van der Waals surface area contributed by atoms with Crippen molar-refractivity contribution in [2.75, 3.05) is 6.54 Å². The first-order valence-electron chi connectivity index (χ1n) is 13.9. The van der Waals surface area contributed by atoms with Crippen LogP contribution in [0.5, 0.6) is 0 Å². The maximum absolute atomic E-state index is 14.8. The molecule has 4 nitrogen and oxygen atoms in total. The third-order valence-corrected chi connectivity index (χ3v) is 8.72. The largest absolute Gasteiger partial charge is 0.311 e. The quantitative estimate of drug-likeness (QED) is 0.453. The fourth-order valence-electron chi connectivity index (χ4n) is 6.31. The molecular formula is C31H44FN3O. The molecule has 2 unspecified atom stereocenters. The average molecular weight is 494 g/mol. The first kappa shape index (κ1) is 26.8. The molecule has 4 rings (SSSR count). The first-order valence-corrected chi connectivity index (χ1v) is 13.9. The second kappa shape index (κ2) is 10.6. The molecule has 1 aromatic carbocycles. The smallest absolute Gasteiger partial charge is 0.275 e. The Bertz CT molecular complexity index is 1060. The van der Waals surface area contributed by atoms with Gasteiger partial charge in [-0.25, -0.2) is 4.39 Å². The molecule has 1 aliphatic heterocycles. The topological polar surface area (TPSA) is 44.7 Å². The molecule has 1 heterocycles. The fourth-order valence-corrected chi connectivity index (χ4v) is 6.31. The summed E-state index contributed by atoms with van der Waals surface area (Å²) in [6, 6.07) is 6.84. The molecule has 5 heteroatoms. The molecule has 1 aromatic rings.